The first-order valence-corrected chi connectivity index (χ1v) is 7.17. The molecular weight excluding hydrogens is 252 g/mol. The first-order chi connectivity index (χ1) is 9.26. The van der Waals surface area contributed by atoms with Crippen LogP contribution in [0.2, 0.25) is 0 Å². The third kappa shape index (κ3) is 1.80. The summed E-state index contributed by atoms with van der Waals surface area (Å²) in [7, 11) is 0. The number of aryl methyl sites for hydroxylation is 1. The minimum absolute atomic E-state index is 0.143. The zero-order valence-electron chi connectivity index (χ0n) is 10.8. The fraction of sp³-hybridized carbons (Fsp3) is 0.118. The normalized spacial score (nSPS) is 11.0. The van der Waals surface area contributed by atoms with Crippen molar-refractivity contribution >= 4 is 37.6 Å². The molecule has 0 N–H and O–H groups in total. The Balaban J connectivity index is 2.63. The van der Waals surface area contributed by atoms with E-state index in [4.69, 9.17) is 0 Å². The van der Waals surface area contributed by atoms with Crippen LogP contribution in [-0.4, -0.2) is 0 Å². The predicted molar refractivity (Wildman–Crippen MR) is 85.1 cm³/mol. The van der Waals surface area contributed by atoms with E-state index in [9.17, 15) is 4.79 Å². The lowest BCUT2D eigenvalue weighted by molar-refractivity contribution is 1.16. The number of hydrogen-bond donors (Lipinski definition) is 0. The highest BCUT2D eigenvalue weighted by Crippen LogP contribution is 2.30. The molecule has 0 atom stereocenters. The molecular formula is C17H14OS. The number of hydrogen-bond acceptors (Lipinski definition) is 2. The first-order valence-electron chi connectivity index (χ1n) is 6.36. The lowest BCUT2D eigenvalue weighted by Crippen LogP contribution is -2.04. The van der Waals surface area contributed by atoms with Gasteiger partial charge < -0.3 is 0 Å². The van der Waals surface area contributed by atoms with Crippen LogP contribution in [0.3, 0.4) is 0 Å². The van der Waals surface area contributed by atoms with Gasteiger partial charge in [-0.1, -0.05) is 43.8 Å². The van der Waals surface area contributed by atoms with Crippen molar-refractivity contribution in [2.75, 3.05) is 0 Å². The maximum atomic E-state index is 12.7. The molecule has 94 valence electrons. The summed E-state index contributed by atoms with van der Waals surface area (Å²) in [4.78, 5) is 12.7. The summed E-state index contributed by atoms with van der Waals surface area (Å²) in [6, 6.07) is 11.9. The van der Waals surface area contributed by atoms with Crippen molar-refractivity contribution in [1.82, 2.24) is 0 Å². The summed E-state index contributed by atoms with van der Waals surface area (Å²) >= 11 is 1.67. The molecule has 2 heteroatoms. The van der Waals surface area contributed by atoms with Crippen LogP contribution in [0.1, 0.15) is 18.1 Å². The van der Waals surface area contributed by atoms with Gasteiger partial charge in [0.2, 0.25) is 0 Å². The highest BCUT2D eigenvalue weighted by Gasteiger charge is 2.11. The fourth-order valence-electron chi connectivity index (χ4n) is 2.44. The summed E-state index contributed by atoms with van der Waals surface area (Å²) in [5, 5.41) is 1.68. The average Bonchev–Trinajstić information content (AvgIpc) is 2.46. The summed E-state index contributed by atoms with van der Waals surface area (Å²) in [6.07, 6.45) is 2.70. The largest absolute Gasteiger partial charge is 0.288 e. The van der Waals surface area contributed by atoms with E-state index in [-0.39, 0.29) is 5.43 Å². The molecule has 0 fully saturated rings. The lowest BCUT2D eigenvalue weighted by atomic mass is 10.0. The van der Waals surface area contributed by atoms with Crippen molar-refractivity contribution < 1.29 is 0 Å². The molecule has 0 aliphatic carbocycles. The van der Waals surface area contributed by atoms with E-state index >= 15 is 0 Å². The van der Waals surface area contributed by atoms with Crippen LogP contribution in [0, 0.1) is 0 Å². The van der Waals surface area contributed by atoms with Gasteiger partial charge in [0, 0.05) is 20.2 Å². The molecule has 0 bridgehead atoms. The van der Waals surface area contributed by atoms with Gasteiger partial charge in [0.25, 0.3) is 0 Å². The Morgan fingerprint density at radius 3 is 2.74 bits per heavy atom. The van der Waals surface area contributed by atoms with Gasteiger partial charge in [-0.25, -0.2) is 0 Å². The lowest BCUT2D eigenvalue weighted by Gasteiger charge is -2.08. The van der Waals surface area contributed by atoms with E-state index in [2.05, 4.69) is 19.6 Å². The third-order valence-corrected chi connectivity index (χ3v) is 4.67. The number of fused-ring (bicyclic) bond motifs is 2. The molecule has 0 spiro atoms. The van der Waals surface area contributed by atoms with Crippen LogP contribution in [0.5, 0.6) is 0 Å². The Morgan fingerprint density at radius 1 is 1.21 bits per heavy atom. The van der Waals surface area contributed by atoms with Gasteiger partial charge in [-0.3, -0.25) is 4.79 Å². The monoisotopic (exact) mass is 266 g/mol. The van der Waals surface area contributed by atoms with Crippen LogP contribution >= 0.6 is 11.3 Å². The molecule has 2 aromatic carbocycles. The zero-order chi connectivity index (χ0) is 13.4. The number of rotatable bonds is 2. The summed E-state index contributed by atoms with van der Waals surface area (Å²) < 4.78 is 2.09. The highest BCUT2D eigenvalue weighted by atomic mass is 32.1. The predicted octanol–water partition coefficient (Wildman–Crippen LogP) is 4.62. The molecule has 0 aliphatic heterocycles. The molecule has 0 amide bonds. The van der Waals surface area contributed by atoms with Crippen molar-refractivity contribution in [2.45, 2.75) is 13.3 Å². The molecule has 1 heterocycles. The van der Waals surface area contributed by atoms with Gasteiger partial charge in [0.05, 0.1) is 0 Å². The van der Waals surface area contributed by atoms with Crippen molar-refractivity contribution in [1.29, 1.82) is 0 Å². The summed E-state index contributed by atoms with van der Waals surface area (Å²) in [5.41, 5.74) is 2.30. The second-order valence-electron chi connectivity index (χ2n) is 4.50. The highest BCUT2D eigenvalue weighted by molar-refractivity contribution is 7.24. The Morgan fingerprint density at radius 2 is 2.00 bits per heavy atom. The van der Waals surface area contributed by atoms with E-state index in [1.165, 1.54) is 0 Å². The van der Waals surface area contributed by atoms with Crippen molar-refractivity contribution in [3.63, 3.8) is 0 Å². The van der Waals surface area contributed by atoms with Gasteiger partial charge in [0.15, 0.2) is 5.43 Å². The minimum Gasteiger partial charge on any atom is -0.288 e. The Bertz CT molecular complexity index is 843. The van der Waals surface area contributed by atoms with E-state index < -0.39 is 0 Å². The van der Waals surface area contributed by atoms with Gasteiger partial charge >= 0.3 is 0 Å². The molecule has 0 aliphatic rings. The molecule has 3 rings (SSSR count). The van der Waals surface area contributed by atoms with Crippen LogP contribution in [-0.2, 0) is 6.42 Å². The topological polar surface area (TPSA) is 17.1 Å². The van der Waals surface area contributed by atoms with Crippen molar-refractivity contribution in [3.8, 4) is 0 Å². The van der Waals surface area contributed by atoms with Crippen LogP contribution in [0.25, 0.3) is 26.2 Å². The minimum atomic E-state index is 0.143. The molecule has 19 heavy (non-hydrogen) atoms. The summed E-state index contributed by atoms with van der Waals surface area (Å²) in [6.45, 7) is 5.94. The molecule has 0 saturated heterocycles. The molecule has 0 saturated carbocycles. The molecule has 0 radical (unpaired) electrons. The third-order valence-electron chi connectivity index (χ3n) is 3.45. The first kappa shape index (κ1) is 12.1. The second-order valence-corrected chi connectivity index (χ2v) is 5.56. The van der Waals surface area contributed by atoms with E-state index in [1.807, 2.05) is 36.4 Å². The van der Waals surface area contributed by atoms with Gasteiger partial charge in [-0.15, -0.1) is 11.3 Å². The van der Waals surface area contributed by atoms with Crippen molar-refractivity contribution in [3.05, 3.63) is 64.3 Å². The second kappa shape index (κ2) is 4.63. The van der Waals surface area contributed by atoms with E-state index in [0.29, 0.717) is 0 Å². The van der Waals surface area contributed by atoms with Gasteiger partial charge in [-0.05, 0) is 29.7 Å². The zero-order valence-corrected chi connectivity index (χ0v) is 11.6. The van der Waals surface area contributed by atoms with Crippen LogP contribution < -0.4 is 5.43 Å². The van der Waals surface area contributed by atoms with Crippen molar-refractivity contribution in [2.24, 2.45) is 0 Å². The molecule has 1 nitrogen and oxygen atoms in total. The molecule has 0 unspecified atom stereocenters. The van der Waals surface area contributed by atoms with E-state index in [0.717, 1.165) is 37.7 Å². The maximum Gasteiger partial charge on any atom is 0.196 e. The Kier molecular flexibility index (Phi) is 2.96. The maximum absolute atomic E-state index is 12.7. The quantitative estimate of drug-likeness (QED) is 0.618. The smallest absolute Gasteiger partial charge is 0.196 e. The fourth-order valence-corrected chi connectivity index (χ4v) is 3.67. The SMILES string of the molecule is C=Cc1ccc(CC)c2c(=O)c3ccccc3sc12. The molecule has 3 aromatic rings. The average molecular weight is 266 g/mol. The molecule has 1 aromatic heterocycles. The van der Waals surface area contributed by atoms with Crippen LogP contribution in [0.4, 0.5) is 0 Å². The Labute approximate surface area is 115 Å². The van der Waals surface area contributed by atoms with E-state index in [1.54, 1.807) is 11.3 Å². The van der Waals surface area contributed by atoms with Gasteiger partial charge in [0.1, 0.15) is 0 Å². The summed E-state index contributed by atoms with van der Waals surface area (Å²) in [5.74, 6) is 0. The standard InChI is InChI=1S/C17H14OS/c1-3-11-9-10-12(4-2)17-15(11)16(18)13-7-5-6-8-14(13)19-17/h4-10H,2-3H2,1H3. The van der Waals surface area contributed by atoms with Crippen LogP contribution in [0.15, 0.2) is 47.8 Å². The Hall–Kier alpha value is -1.93. The number of benzene rings is 2. The van der Waals surface area contributed by atoms with Gasteiger partial charge in [-0.2, -0.15) is 0 Å².